The van der Waals surface area contributed by atoms with Gasteiger partial charge in [0.1, 0.15) is 6.61 Å². The van der Waals surface area contributed by atoms with Gasteiger partial charge >= 0.3 is 5.97 Å². The summed E-state index contributed by atoms with van der Waals surface area (Å²) in [5.41, 5.74) is 1.22. The fraction of sp³-hybridized carbons (Fsp3) is 0.167. The summed E-state index contributed by atoms with van der Waals surface area (Å²) < 4.78 is 9.74. The van der Waals surface area contributed by atoms with Crippen LogP contribution in [0.3, 0.4) is 0 Å². The first-order valence-corrected chi connectivity index (χ1v) is 5.40. The van der Waals surface area contributed by atoms with Crippen molar-refractivity contribution in [3.8, 4) is 0 Å². The molecule has 0 aliphatic rings. The molecule has 2 rings (SSSR count). The van der Waals surface area contributed by atoms with Gasteiger partial charge in [-0.2, -0.15) is 0 Å². The maximum Gasteiger partial charge on any atom is 0.377 e. The molecule has 1 heterocycles. The lowest BCUT2D eigenvalue weighted by molar-refractivity contribution is -0.384. The van der Waals surface area contributed by atoms with Crippen LogP contribution in [0.2, 0.25) is 0 Å². The van der Waals surface area contributed by atoms with Crippen LogP contribution in [-0.4, -0.2) is 16.0 Å². The highest BCUT2D eigenvalue weighted by Gasteiger charge is 2.13. The molecular formula is C12H10N2O5. The normalized spacial score (nSPS) is 10.2. The van der Waals surface area contributed by atoms with Crippen molar-refractivity contribution in [2.75, 3.05) is 0 Å². The van der Waals surface area contributed by atoms with Crippen LogP contribution < -0.4 is 0 Å². The van der Waals surface area contributed by atoms with Gasteiger partial charge in [-0.15, -0.1) is 0 Å². The number of nitro benzene ring substituents is 1. The molecule has 0 unspecified atom stereocenters. The molecule has 7 heteroatoms. The minimum Gasteiger partial charge on any atom is -0.455 e. The molecule has 0 amide bonds. The number of nitrogens with zero attached hydrogens (tertiary/aromatic N) is 2. The number of aryl methyl sites for hydroxylation is 1. The van der Waals surface area contributed by atoms with E-state index in [0.717, 1.165) is 0 Å². The Morgan fingerprint density at radius 3 is 2.63 bits per heavy atom. The Morgan fingerprint density at radius 2 is 2.11 bits per heavy atom. The van der Waals surface area contributed by atoms with E-state index >= 15 is 0 Å². The number of hydrogen-bond donors (Lipinski definition) is 0. The largest absolute Gasteiger partial charge is 0.455 e. The van der Waals surface area contributed by atoms with Gasteiger partial charge in [-0.1, -0.05) is 5.16 Å². The van der Waals surface area contributed by atoms with Gasteiger partial charge in [0, 0.05) is 18.2 Å². The van der Waals surface area contributed by atoms with Crippen molar-refractivity contribution in [1.82, 2.24) is 5.16 Å². The van der Waals surface area contributed by atoms with E-state index in [0.29, 0.717) is 11.3 Å². The van der Waals surface area contributed by atoms with E-state index in [-0.39, 0.29) is 18.1 Å². The van der Waals surface area contributed by atoms with Gasteiger partial charge in [-0.3, -0.25) is 10.1 Å². The first-order valence-electron chi connectivity index (χ1n) is 5.40. The van der Waals surface area contributed by atoms with Gasteiger partial charge in [0.2, 0.25) is 5.76 Å². The van der Waals surface area contributed by atoms with Crippen molar-refractivity contribution in [3.63, 3.8) is 0 Å². The lowest BCUT2D eigenvalue weighted by atomic mass is 10.2. The molecule has 0 aliphatic carbocycles. The molecule has 0 radical (unpaired) electrons. The van der Waals surface area contributed by atoms with Crippen molar-refractivity contribution in [2.24, 2.45) is 0 Å². The van der Waals surface area contributed by atoms with E-state index in [1.165, 1.54) is 30.3 Å². The molecule has 1 aromatic heterocycles. The van der Waals surface area contributed by atoms with Crippen LogP contribution in [-0.2, 0) is 11.3 Å². The highest BCUT2D eigenvalue weighted by Crippen LogP contribution is 2.13. The summed E-state index contributed by atoms with van der Waals surface area (Å²) in [6, 6.07) is 7.22. The second kappa shape index (κ2) is 5.30. The molecule has 0 aliphatic heterocycles. The average Bonchev–Trinajstić information content (AvgIpc) is 2.83. The minimum absolute atomic E-state index is 0.0105. The summed E-state index contributed by atoms with van der Waals surface area (Å²) in [6.07, 6.45) is 0. The monoisotopic (exact) mass is 262 g/mol. The topological polar surface area (TPSA) is 95.5 Å². The summed E-state index contributed by atoms with van der Waals surface area (Å²) in [5, 5.41) is 14.0. The van der Waals surface area contributed by atoms with Crippen molar-refractivity contribution >= 4 is 11.7 Å². The molecule has 19 heavy (non-hydrogen) atoms. The van der Waals surface area contributed by atoms with E-state index < -0.39 is 10.9 Å². The fourth-order valence-electron chi connectivity index (χ4n) is 1.39. The molecule has 1 aromatic carbocycles. The number of benzene rings is 1. The molecule has 98 valence electrons. The molecule has 0 spiro atoms. The van der Waals surface area contributed by atoms with Crippen molar-refractivity contribution in [3.05, 3.63) is 57.5 Å². The van der Waals surface area contributed by atoms with Crippen LogP contribution in [0.1, 0.15) is 21.8 Å². The fourth-order valence-corrected chi connectivity index (χ4v) is 1.39. The Balaban J connectivity index is 1.95. The van der Waals surface area contributed by atoms with Crippen LogP contribution in [0, 0.1) is 17.0 Å². The smallest absolute Gasteiger partial charge is 0.377 e. The second-order valence-corrected chi connectivity index (χ2v) is 3.83. The highest BCUT2D eigenvalue weighted by atomic mass is 16.6. The predicted octanol–water partition coefficient (Wildman–Crippen LogP) is 2.25. The Labute approximate surface area is 107 Å². The average molecular weight is 262 g/mol. The van der Waals surface area contributed by atoms with Gasteiger partial charge < -0.3 is 9.26 Å². The van der Waals surface area contributed by atoms with Crippen molar-refractivity contribution < 1.29 is 19.0 Å². The molecule has 0 saturated carbocycles. The molecule has 0 atom stereocenters. The molecule has 0 fully saturated rings. The van der Waals surface area contributed by atoms with Gasteiger partial charge in [0.05, 0.1) is 10.6 Å². The first kappa shape index (κ1) is 12.7. The summed E-state index contributed by atoms with van der Waals surface area (Å²) >= 11 is 0. The summed E-state index contributed by atoms with van der Waals surface area (Å²) in [7, 11) is 0. The van der Waals surface area contributed by atoms with E-state index in [1.54, 1.807) is 6.92 Å². The molecule has 7 nitrogen and oxygen atoms in total. The quantitative estimate of drug-likeness (QED) is 0.476. The predicted molar refractivity (Wildman–Crippen MR) is 63.5 cm³/mol. The highest BCUT2D eigenvalue weighted by molar-refractivity contribution is 5.86. The number of ether oxygens (including phenoxy) is 1. The Hall–Kier alpha value is -2.70. The molecule has 0 saturated heterocycles. The number of carbonyl (C=O) groups excluding carboxylic acids is 1. The number of non-ortho nitro benzene ring substituents is 1. The number of aromatic nitrogens is 1. The lowest BCUT2D eigenvalue weighted by Crippen LogP contribution is -2.04. The lowest BCUT2D eigenvalue weighted by Gasteiger charge is -2.02. The zero-order valence-electron chi connectivity index (χ0n) is 10.0. The maximum absolute atomic E-state index is 11.5. The number of nitro groups is 1. The molecule has 0 bridgehead atoms. The second-order valence-electron chi connectivity index (χ2n) is 3.83. The zero-order chi connectivity index (χ0) is 13.8. The van der Waals surface area contributed by atoms with Gasteiger partial charge in [0.15, 0.2) is 0 Å². The van der Waals surface area contributed by atoms with Crippen LogP contribution in [0.15, 0.2) is 34.9 Å². The van der Waals surface area contributed by atoms with E-state index in [9.17, 15) is 14.9 Å². The summed E-state index contributed by atoms with van der Waals surface area (Å²) in [4.78, 5) is 21.5. The third-order valence-electron chi connectivity index (χ3n) is 2.35. The molecule has 0 N–H and O–H groups in total. The summed E-state index contributed by atoms with van der Waals surface area (Å²) in [5.74, 6) is -0.599. The standard InChI is InChI=1S/C12H10N2O5/c1-8-6-11(19-13-8)12(15)18-7-9-2-4-10(5-3-9)14(16)17/h2-6H,7H2,1H3. The van der Waals surface area contributed by atoms with Gasteiger partial charge in [-0.25, -0.2) is 4.79 Å². The van der Waals surface area contributed by atoms with E-state index in [4.69, 9.17) is 9.26 Å². The Bertz CT molecular complexity index is 603. The maximum atomic E-state index is 11.5. The van der Waals surface area contributed by atoms with E-state index in [2.05, 4.69) is 5.16 Å². The minimum atomic E-state index is -0.626. The van der Waals surface area contributed by atoms with Gasteiger partial charge in [0.25, 0.3) is 5.69 Å². The zero-order valence-corrected chi connectivity index (χ0v) is 10.0. The van der Waals surface area contributed by atoms with Crippen molar-refractivity contribution in [1.29, 1.82) is 0 Å². The Kier molecular flexibility index (Phi) is 3.56. The third kappa shape index (κ3) is 3.15. The Morgan fingerprint density at radius 1 is 1.42 bits per heavy atom. The number of carbonyl (C=O) groups is 1. The van der Waals surface area contributed by atoms with Crippen LogP contribution >= 0.6 is 0 Å². The molecule has 2 aromatic rings. The van der Waals surface area contributed by atoms with Crippen molar-refractivity contribution in [2.45, 2.75) is 13.5 Å². The third-order valence-corrected chi connectivity index (χ3v) is 2.35. The van der Waals surface area contributed by atoms with Crippen LogP contribution in [0.4, 0.5) is 5.69 Å². The van der Waals surface area contributed by atoms with Crippen LogP contribution in [0.25, 0.3) is 0 Å². The number of rotatable bonds is 4. The van der Waals surface area contributed by atoms with Gasteiger partial charge in [-0.05, 0) is 24.6 Å². The molecular weight excluding hydrogens is 252 g/mol. The SMILES string of the molecule is Cc1cc(C(=O)OCc2ccc([N+](=O)[O-])cc2)on1. The van der Waals surface area contributed by atoms with Crippen LogP contribution in [0.5, 0.6) is 0 Å². The first-order chi connectivity index (χ1) is 9.06. The summed E-state index contributed by atoms with van der Waals surface area (Å²) in [6.45, 7) is 1.70. The number of esters is 1. The number of hydrogen-bond acceptors (Lipinski definition) is 6. The van der Waals surface area contributed by atoms with E-state index in [1.807, 2.05) is 0 Å².